The van der Waals surface area contributed by atoms with Gasteiger partial charge in [0.05, 0.1) is 17.2 Å². The molecular formula is C30H39Br2N3O7. The minimum atomic E-state index is -0.603. The van der Waals surface area contributed by atoms with Crippen LogP contribution in [-0.2, 0) is 20.8 Å². The van der Waals surface area contributed by atoms with Gasteiger partial charge in [-0.3, -0.25) is 20.2 Å². The highest BCUT2D eigenvalue weighted by Gasteiger charge is 2.25. The molecule has 3 rings (SSSR count). The van der Waals surface area contributed by atoms with Crippen LogP contribution in [0.3, 0.4) is 0 Å². The summed E-state index contributed by atoms with van der Waals surface area (Å²) in [6.45, 7) is 9.81. The Morgan fingerprint density at radius 2 is 1.76 bits per heavy atom. The lowest BCUT2D eigenvalue weighted by Crippen LogP contribution is -2.36. The summed E-state index contributed by atoms with van der Waals surface area (Å²) in [7, 11) is 0. The Labute approximate surface area is 263 Å². The summed E-state index contributed by atoms with van der Waals surface area (Å²) >= 11 is 7.07. The maximum atomic E-state index is 12.4. The lowest BCUT2D eigenvalue weighted by atomic mass is 9.92. The topological polar surface area (TPSA) is 129 Å². The molecule has 0 unspecified atom stereocenters. The molecule has 1 amide bonds. The van der Waals surface area contributed by atoms with Crippen LogP contribution in [0.15, 0.2) is 33.2 Å². The Bertz CT molecular complexity index is 1290. The van der Waals surface area contributed by atoms with Crippen LogP contribution in [0.4, 0.5) is 16.2 Å². The molecule has 0 atom stereocenters. The van der Waals surface area contributed by atoms with Gasteiger partial charge in [-0.05, 0) is 106 Å². The molecule has 2 aromatic carbocycles. The van der Waals surface area contributed by atoms with Crippen molar-refractivity contribution in [1.82, 2.24) is 5.32 Å². The van der Waals surface area contributed by atoms with E-state index in [4.69, 9.17) is 14.2 Å². The zero-order valence-corrected chi connectivity index (χ0v) is 27.9. The Morgan fingerprint density at radius 3 is 2.40 bits per heavy atom. The zero-order valence-electron chi connectivity index (χ0n) is 24.7. The standard InChI is InChI=1S/C30H39Br2N3O7/c1-18-19(2)26(13-12-25(18)35(38)39)40-14-6-7-27(36)41-23-10-8-22(9-11-23)33-17-20-15-21(31)16-24(32)28(20)34-29(37)42-30(3,4)5/h12-13,15-16,22-23,33H,6-11,14,17H2,1-5H3,(H,34,37)/t22-,23-. The first-order chi connectivity index (χ1) is 19.7. The summed E-state index contributed by atoms with van der Waals surface area (Å²) in [5.41, 5.74) is 2.33. The number of carbonyl (C=O) groups is 2. The second-order valence-electron chi connectivity index (χ2n) is 11.4. The lowest BCUT2D eigenvalue weighted by Gasteiger charge is -2.29. The third-order valence-corrected chi connectivity index (χ3v) is 8.09. The Hall–Kier alpha value is -2.70. The first kappa shape index (κ1) is 33.8. The van der Waals surface area contributed by atoms with Gasteiger partial charge in [-0.2, -0.15) is 0 Å². The normalized spacial score (nSPS) is 16.9. The van der Waals surface area contributed by atoms with E-state index < -0.39 is 16.6 Å². The number of hydrogen-bond acceptors (Lipinski definition) is 8. The number of amides is 1. The number of nitrogens with zero attached hydrogens (tertiary/aromatic N) is 1. The molecule has 1 aliphatic rings. The van der Waals surface area contributed by atoms with Crippen molar-refractivity contribution in [3.05, 3.63) is 60.0 Å². The third-order valence-electron chi connectivity index (χ3n) is 7.00. The molecule has 0 spiro atoms. The summed E-state index contributed by atoms with van der Waals surface area (Å²) in [5, 5.41) is 17.5. The number of ether oxygens (including phenoxy) is 3. The van der Waals surface area contributed by atoms with E-state index in [1.807, 2.05) is 32.9 Å². The molecule has 0 saturated heterocycles. The van der Waals surface area contributed by atoms with Crippen molar-refractivity contribution in [2.75, 3.05) is 11.9 Å². The molecular weight excluding hydrogens is 674 g/mol. The van der Waals surface area contributed by atoms with Gasteiger partial charge in [-0.25, -0.2) is 4.79 Å². The van der Waals surface area contributed by atoms with E-state index in [0.717, 1.165) is 45.8 Å². The van der Waals surface area contributed by atoms with Gasteiger partial charge in [0.1, 0.15) is 17.5 Å². The maximum absolute atomic E-state index is 12.4. The van der Waals surface area contributed by atoms with E-state index in [-0.39, 0.29) is 30.2 Å². The fourth-order valence-corrected chi connectivity index (χ4v) is 6.14. The quantitative estimate of drug-likeness (QED) is 0.104. The molecule has 0 aromatic heterocycles. The van der Waals surface area contributed by atoms with Gasteiger partial charge < -0.3 is 19.5 Å². The number of rotatable bonds is 11. The van der Waals surface area contributed by atoms with E-state index in [9.17, 15) is 19.7 Å². The number of halogens is 2. The molecule has 0 aliphatic heterocycles. The van der Waals surface area contributed by atoms with Crippen molar-refractivity contribution in [3.63, 3.8) is 0 Å². The molecule has 0 radical (unpaired) electrons. The number of benzene rings is 2. The van der Waals surface area contributed by atoms with E-state index in [1.54, 1.807) is 19.9 Å². The summed E-state index contributed by atoms with van der Waals surface area (Å²) in [6, 6.07) is 7.13. The summed E-state index contributed by atoms with van der Waals surface area (Å²) in [6.07, 6.45) is 3.38. The van der Waals surface area contributed by atoms with Gasteiger partial charge in [-0.1, -0.05) is 15.9 Å². The van der Waals surface area contributed by atoms with Gasteiger partial charge in [0, 0.05) is 45.1 Å². The van der Waals surface area contributed by atoms with Crippen LogP contribution in [0.2, 0.25) is 0 Å². The van der Waals surface area contributed by atoms with Gasteiger partial charge in [0.25, 0.3) is 5.69 Å². The highest BCUT2D eigenvalue weighted by Crippen LogP contribution is 2.32. The lowest BCUT2D eigenvalue weighted by molar-refractivity contribution is -0.385. The van der Waals surface area contributed by atoms with Crippen LogP contribution in [0.5, 0.6) is 5.75 Å². The van der Waals surface area contributed by atoms with Gasteiger partial charge in [0.15, 0.2) is 0 Å². The van der Waals surface area contributed by atoms with Crippen molar-refractivity contribution in [3.8, 4) is 5.75 Å². The molecule has 42 heavy (non-hydrogen) atoms. The molecule has 2 N–H and O–H groups in total. The minimum Gasteiger partial charge on any atom is -0.493 e. The van der Waals surface area contributed by atoms with Crippen molar-refractivity contribution in [2.24, 2.45) is 0 Å². The van der Waals surface area contributed by atoms with Crippen LogP contribution in [-0.4, -0.2) is 41.3 Å². The summed E-state index contributed by atoms with van der Waals surface area (Å²) < 4.78 is 18.5. The molecule has 12 heteroatoms. The summed E-state index contributed by atoms with van der Waals surface area (Å²) in [5.74, 6) is 0.337. The van der Waals surface area contributed by atoms with Crippen molar-refractivity contribution in [2.45, 2.75) is 97.4 Å². The Balaban J connectivity index is 1.40. The smallest absolute Gasteiger partial charge is 0.412 e. The fourth-order valence-electron chi connectivity index (χ4n) is 4.73. The number of nitro benzene ring substituents is 1. The van der Waals surface area contributed by atoms with Crippen molar-refractivity contribution < 1.29 is 28.7 Å². The maximum Gasteiger partial charge on any atom is 0.412 e. The fraction of sp³-hybridized carbons (Fsp3) is 0.533. The van der Waals surface area contributed by atoms with E-state index >= 15 is 0 Å². The monoisotopic (exact) mass is 711 g/mol. The number of nitrogens with one attached hydrogen (secondary N) is 2. The predicted octanol–water partition coefficient (Wildman–Crippen LogP) is 7.89. The predicted molar refractivity (Wildman–Crippen MR) is 168 cm³/mol. The molecule has 1 saturated carbocycles. The largest absolute Gasteiger partial charge is 0.493 e. The second kappa shape index (κ2) is 15.2. The van der Waals surface area contributed by atoms with E-state index in [2.05, 4.69) is 42.5 Å². The van der Waals surface area contributed by atoms with Crippen LogP contribution < -0.4 is 15.4 Å². The summed E-state index contributed by atoms with van der Waals surface area (Å²) in [4.78, 5) is 35.5. The minimum absolute atomic E-state index is 0.0644. The van der Waals surface area contributed by atoms with Gasteiger partial charge >= 0.3 is 12.1 Å². The molecule has 2 aromatic rings. The first-order valence-electron chi connectivity index (χ1n) is 14.0. The zero-order chi connectivity index (χ0) is 31.0. The molecule has 1 fully saturated rings. The van der Waals surface area contributed by atoms with E-state index in [0.29, 0.717) is 36.6 Å². The Kier molecular flexibility index (Phi) is 12.2. The third kappa shape index (κ3) is 10.2. The van der Waals surface area contributed by atoms with Crippen molar-refractivity contribution in [1.29, 1.82) is 0 Å². The number of hydrogen-bond donors (Lipinski definition) is 2. The van der Waals surface area contributed by atoms with Crippen LogP contribution >= 0.6 is 31.9 Å². The number of carbonyl (C=O) groups excluding carboxylic acids is 2. The van der Waals surface area contributed by atoms with Crippen LogP contribution in [0.25, 0.3) is 0 Å². The second-order valence-corrected chi connectivity index (χ2v) is 13.2. The number of nitro groups is 1. The number of esters is 1. The average Bonchev–Trinajstić information content (AvgIpc) is 2.89. The number of anilines is 1. The molecule has 230 valence electrons. The molecule has 0 bridgehead atoms. The first-order valence-corrected chi connectivity index (χ1v) is 15.6. The Morgan fingerprint density at radius 1 is 1.07 bits per heavy atom. The highest BCUT2D eigenvalue weighted by atomic mass is 79.9. The molecule has 0 heterocycles. The van der Waals surface area contributed by atoms with Gasteiger partial charge in [-0.15, -0.1) is 0 Å². The van der Waals surface area contributed by atoms with Crippen molar-refractivity contribution >= 4 is 55.3 Å². The molecule has 10 nitrogen and oxygen atoms in total. The van der Waals surface area contributed by atoms with Crippen LogP contribution in [0, 0.1) is 24.0 Å². The van der Waals surface area contributed by atoms with E-state index in [1.165, 1.54) is 6.07 Å². The SMILES string of the molecule is Cc1c(OCCCC(=O)O[C@H]2CC[C@H](NCc3cc(Br)cc(Br)c3NC(=O)OC(C)(C)C)CC2)ccc([N+](=O)[O-])c1C. The molecule has 1 aliphatic carbocycles. The highest BCUT2D eigenvalue weighted by molar-refractivity contribution is 9.11. The van der Waals surface area contributed by atoms with Gasteiger partial charge in [0.2, 0.25) is 0 Å². The average molecular weight is 713 g/mol. The van der Waals surface area contributed by atoms with Crippen LogP contribution in [0.1, 0.15) is 76.0 Å².